The van der Waals surface area contributed by atoms with Crippen LogP contribution in [-0.2, 0) is 9.59 Å². The van der Waals surface area contributed by atoms with Gasteiger partial charge in [-0.2, -0.15) is 0 Å². The van der Waals surface area contributed by atoms with E-state index in [1.807, 2.05) is 38.1 Å². The molecule has 1 aliphatic rings. The van der Waals surface area contributed by atoms with E-state index < -0.39 is 11.8 Å². The van der Waals surface area contributed by atoms with Gasteiger partial charge in [-0.15, -0.1) is 0 Å². The van der Waals surface area contributed by atoms with Crippen LogP contribution in [0.1, 0.15) is 13.8 Å². The molecule has 0 atom stereocenters. The lowest BCUT2D eigenvalue weighted by molar-refractivity contribution is -0.139. The molecule has 1 saturated heterocycles. The van der Waals surface area contributed by atoms with Gasteiger partial charge in [0.15, 0.2) is 0 Å². The Morgan fingerprint density at radius 2 is 1.71 bits per heavy atom. The Hall–Kier alpha value is -1.79. The summed E-state index contributed by atoms with van der Waals surface area (Å²) in [6, 6.07) is 7.84. The van der Waals surface area contributed by atoms with Crippen molar-refractivity contribution >= 4 is 29.1 Å². The summed E-state index contributed by atoms with van der Waals surface area (Å²) < 4.78 is 0. The fraction of sp³-hybridized carbons (Fsp3) is 0.529. The smallest absolute Gasteiger partial charge is 0.309 e. The number of nitrogens with one attached hydrogen (secondary N) is 2. The minimum atomic E-state index is -0.572. The Balaban J connectivity index is 1.67. The van der Waals surface area contributed by atoms with Crippen LogP contribution < -0.4 is 15.5 Å². The van der Waals surface area contributed by atoms with Gasteiger partial charge in [-0.25, -0.2) is 0 Å². The van der Waals surface area contributed by atoms with E-state index in [2.05, 4.69) is 20.4 Å². The number of anilines is 1. The highest BCUT2D eigenvalue weighted by Crippen LogP contribution is 2.19. The van der Waals surface area contributed by atoms with Crippen LogP contribution in [0.2, 0.25) is 5.02 Å². The van der Waals surface area contributed by atoms with Crippen molar-refractivity contribution in [1.29, 1.82) is 0 Å². The van der Waals surface area contributed by atoms with Crippen molar-refractivity contribution in [3.63, 3.8) is 0 Å². The summed E-state index contributed by atoms with van der Waals surface area (Å²) in [6.45, 7) is 8.59. The average molecular weight is 353 g/mol. The molecule has 0 radical (unpaired) electrons. The zero-order chi connectivity index (χ0) is 17.5. The molecule has 2 rings (SSSR count). The lowest BCUT2D eigenvalue weighted by atomic mass is 10.2. The maximum Gasteiger partial charge on any atom is 0.309 e. The Kier molecular flexibility index (Phi) is 6.87. The number of amides is 2. The fourth-order valence-corrected chi connectivity index (χ4v) is 2.74. The van der Waals surface area contributed by atoms with Gasteiger partial charge in [0.2, 0.25) is 0 Å². The summed E-state index contributed by atoms with van der Waals surface area (Å²) in [7, 11) is 0. The lowest BCUT2D eigenvalue weighted by Gasteiger charge is -2.36. The first-order chi connectivity index (χ1) is 11.5. The number of piperazine rings is 1. The highest BCUT2D eigenvalue weighted by molar-refractivity contribution is 6.35. The normalized spacial score (nSPS) is 15.4. The van der Waals surface area contributed by atoms with Crippen LogP contribution in [0.25, 0.3) is 0 Å². The number of benzene rings is 1. The van der Waals surface area contributed by atoms with Crippen molar-refractivity contribution < 1.29 is 9.59 Å². The van der Waals surface area contributed by atoms with E-state index in [-0.39, 0.29) is 6.04 Å². The van der Waals surface area contributed by atoms with Crippen LogP contribution in [0.5, 0.6) is 0 Å². The van der Waals surface area contributed by atoms with Crippen molar-refractivity contribution in [3.05, 3.63) is 29.3 Å². The molecule has 0 aromatic heterocycles. The first-order valence-corrected chi connectivity index (χ1v) is 8.65. The molecule has 0 saturated carbocycles. The largest absolute Gasteiger partial charge is 0.369 e. The van der Waals surface area contributed by atoms with Crippen molar-refractivity contribution in [2.75, 3.05) is 44.2 Å². The number of carbonyl (C=O) groups is 2. The molecule has 0 unspecified atom stereocenters. The zero-order valence-electron chi connectivity index (χ0n) is 14.2. The van der Waals surface area contributed by atoms with E-state index in [1.165, 1.54) is 5.69 Å². The first-order valence-electron chi connectivity index (χ1n) is 8.27. The molecule has 132 valence electrons. The van der Waals surface area contributed by atoms with Crippen LogP contribution >= 0.6 is 11.6 Å². The predicted molar refractivity (Wildman–Crippen MR) is 96.4 cm³/mol. The molecule has 24 heavy (non-hydrogen) atoms. The lowest BCUT2D eigenvalue weighted by Crippen LogP contribution is -2.49. The second-order valence-electron chi connectivity index (χ2n) is 6.19. The Bertz CT molecular complexity index is 554. The van der Waals surface area contributed by atoms with Gasteiger partial charge in [-0.05, 0) is 38.1 Å². The van der Waals surface area contributed by atoms with E-state index in [0.717, 1.165) is 37.7 Å². The number of carbonyl (C=O) groups excluding carboxylic acids is 2. The molecule has 7 heteroatoms. The third-order valence-electron chi connectivity index (χ3n) is 3.90. The minimum Gasteiger partial charge on any atom is -0.369 e. The fourth-order valence-electron chi connectivity index (χ4n) is 2.62. The molecule has 6 nitrogen and oxygen atoms in total. The molecule has 1 aromatic carbocycles. The summed E-state index contributed by atoms with van der Waals surface area (Å²) in [5.74, 6) is -1.14. The van der Waals surface area contributed by atoms with Crippen molar-refractivity contribution in [2.45, 2.75) is 19.9 Å². The van der Waals surface area contributed by atoms with Gasteiger partial charge in [-0.1, -0.05) is 11.6 Å². The van der Waals surface area contributed by atoms with Crippen LogP contribution in [0, 0.1) is 0 Å². The van der Waals surface area contributed by atoms with E-state index >= 15 is 0 Å². The second kappa shape index (κ2) is 8.89. The van der Waals surface area contributed by atoms with Crippen molar-refractivity contribution in [1.82, 2.24) is 15.5 Å². The third-order valence-corrected chi connectivity index (χ3v) is 4.16. The van der Waals surface area contributed by atoms with Crippen LogP contribution in [0.3, 0.4) is 0 Å². The molecule has 0 bridgehead atoms. The number of hydrogen-bond acceptors (Lipinski definition) is 4. The minimum absolute atomic E-state index is 0.0378. The van der Waals surface area contributed by atoms with Gasteiger partial charge in [0.05, 0.1) is 0 Å². The van der Waals surface area contributed by atoms with Crippen LogP contribution in [0.15, 0.2) is 24.3 Å². The zero-order valence-corrected chi connectivity index (χ0v) is 15.0. The van der Waals surface area contributed by atoms with Gasteiger partial charge in [-0.3, -0.25) is 14.5 Å². The predicted octanol–water partition coefficient (Wildman–Crippen LogP) is 1.10. The molecule has 1 heterocycles. The SMILES string of the molecule is CC(C)NC(=O)C(=O)NCCN1CCN(c2ccc(Cl)cc2)CC1. The Labute approximate surface area is 148 Å². The third kappa shape index (κ3) is 5.69. The number of nitrogens with zero attached hydrogens (tertiary/aromatic N) is 2. The molecule has 1 aliphatic heterocycles. The first kappa shape index (κ1) is 18.5. The van der Waals surface area contributed by atoms with E-state index in [0.29, 0.717) is 6.54 Å². The number of halogens is 1. The molecule has 2 N–H and O–H groups in total. The summed E-state index contributed by atoms with van der Waals surface area (Å²) >= 11 is 5.92. The molecule has 2 amide bonds. The summed E-state index contributed by atoms with van der Waals surface area (Å²) in [6.07, 6.45) is 0. The highest BCUT2D eigenvalue weighted by Gasteiger charge is 2.18. The molecule has 0 spiro atoms. The van der Waals surface area contributed by atoms with E-state index in [9.17, 15) is 9.59 Å². The molecule has 1 aromatic rings. The van der Waals surface area contributed by atoms with Crippen LogP contribution in [-0.4, -0.2) is 62.0 Å². The van der Waals surface area contributed by atoms with E-state index in [1.54, 1.807) is 0 Å². The number of hydrogen-bond donors (Lipinski definition) is 2. The average Bonchev–Trinajstić information content (AvgIpc) is 2.55. The molecular weight excluding hydrogens is 328 g/mol. The topological polar surface area (TPSA) is 64.7 Å². The summed E-state index contributed by atoms with van der Waals surface area (Å²) in [5.41, 5.74) is 1.18. The van der Waals surface area contributed by atoms with Gasteiger partial charge in [0, 0.05) is 56.0 Å². The maximum atomic E-state index is 11.6. The Morgan fingerprint density at radius 1 is 1.08 bits per heavy atom. The Morgan fingerprint density at radius 3 is 2.29 bits per heavy atom. The van der Waals surface area contributed by atoms with Gasteiger partial charge >= 0.3 is 11.8 Å². The van der Waals surface area contributed by atoms with Crippen molar-refractivity contribution in [2.24, 2.45) is 0 Å². The standard InChI is InChI=1S/C17H25ClN4O2/c1-13(2)20-17(24)16(23)19-7-8-21-9-11-22(12-10-21)15-5-3-14(18)4-6-15/h3-6,13H,7-12H2,1-2H3,(H,19,23)(H,20,24). The van der Waals surface area contributed by atoms with Crippen LogP contribution in [0.4, 0.5) is 5.69 Å². The molecular formula is C17H25ClN4O2. The summed E-state index contributed by atoms with van der Waals surface area (Å²) in [5, 5.41) is 5.99. The van der Waals surface area contributed by atoms with E-state index in [4.69, 9.17) is 11.6 Å². The number of rotatable bonds is 5. The highest BCUT2D eigenvalue weighted by atomic mass is 35.5. The van der Waals surface area contributed by atoms with Gasteiger partial charge in [0.1, 0.15) is 0 Å². The van der Waals surface area contributed by atoms with Gasteiger partial charge in [0.25, 0.3) is 0 Å². The van der Waals surface area contributed by atoms with Gasteiger partial charge < -0.3 is 15.5 Å². The maximum absolute atomic E-state index is 11.6. The quantitative estimate of drug-likeness (QED) is 0.779. The summed E-state index contributed by atoms with van der Waals surface area (Å²) in [4.78, 5) is 27.7. The monoisotopic (exact) mass is 352 g/mol. The molecule has 1 fully saturated rings. The molecule has 0 aliphatic carbocycles. The van der Waals surface area contributed by atoms with Crippen molar-refractivity contribution in [3.8, 4) is 0 Å². The second-order valence-corrected chi connectivity index (χ2v) is 6.63.